The molecule has 0 saturated carbocycles. The Bertz CT molecular complexity index is 729. The Morgan fingerprint density at radius 1 is 1.18 bits per heavy atom. The third kappa shape index (κ3) is 3.50. The highest BCUT2D eigenvalue weighted by Crippen LogP contribution is 2.25. The Balaban J connectivity index is 1.78. The quantitative estimate of drug-likeness (QED) is 0.783. The summed E-state index contributed by atoms with van der Waals surface area (Å²) in [7, 11) is 2.05. The molecule has 0 aliphatic heterocycles. The summed E-state index contributed by atoms with van der Waals surface area (Å²) in [6, 6.07) is 9.74. The van der Waals surface area contributed by atoms with Gasteiger partial charge in [-0.25, -0.2) is 0 Å². The Morgan fingerprint density at radius 3 is 2.82 bits per heavy atom. The largest absolute Gasteiger partial charge is 0.508 e. The number of benzene rings is 1. The molecule has 3 rings (SSSR count). The molecule has 0 unspecified atom stereocenters. The molecule has 112 valence electrons. The molecule has 0 aliphatic rings. The van der Waals surface area contributed by atoms with Crippen molar-refractivity contribution in [3.63, 3.8) is 0 Å². The summed E-state index contributed by atoms with van der Waals surface area (Å²) in [6.07, 6.45) is 5.05. The molecule has 3 aromatic rings. The maximum absolute atomic E-state index is 10.1. The fourth-order valence-electron chi connectivity index (χ4n) is 2.33. The van der Waals surface area contributed by atoms with Crippen LogP contribution in [0, 0.1) is 0 Å². The molecule has 0 aliphatic carbocycles. The minimum Gasteiger partial charge on any atom is -0.508 e. The van der Waals surface area contributed by atoms with Crippen molar-refractivity contribution in [3.8, 4) is 17.0 Å². The van der Waals surface area contributed by atoms with Crippen LogP contribution in [0.25, 0.3) is 11.3 Å². The maximum Gasteiger partial charge on any atom is 0.120 e. The van der Waals surface area contributed by atoms with Gasteiger partial charge in [0.1, 0.15) is 5.75 Å². The van der Waals surface area contributed by atoms with Gasteiger partial charge in [0.15, 0.2) is 0 Å². The molecule has 1 aromatic carbocycles. The highest BCUT2D eigenvalue weighted by Gasteiger charge is 2.09. The average molecular weight is 311 g/mol. The van der Waals surface area contributed by atoms with Crippen molar-refractivity contribution in [1.29, 1.82) is 0 Å². The zero-order chi connectivity index (χ0) is 15.4. The molecule has 0 atom stereocenters. The zero-order valence-corrected chi connectivity index (χ0v) is 13.1. The van der Waals surface area contributed by atoms with Gasteiger partial charge in [-0.3, -0.25) is 14.9 Å². The molecule has 5 heteroatoms. The van der Waals surface area contributed by atoms with Gasteiger partial charge in [-0.1, -0.05) is 6.07 Å². The van der Waals surface area contributed by atoms with Crippen LogP contribution in [0.4, 0.5) is 0 Å². The second-order valence-electron chi connectivity index (χ2n) is 5.19. The molecule has 0 bridgehead atoms. The summed E-state index contributed by atoms with van der Waals surface area (Å²) in [5.74, 6) is 0.311. The molecule has 0 amide bonds. The lowest BCUT2D eigenvalue weighted by molar-refractivity contribution is 0.315. The first-order chi connectivity index (χ1) is 10.7. The van der Waals surface area contributed by atoms with Crippen LogP contribution in [0.5, 0.6) is 5.75 Å². The summed E-state index contributed by atoms with van der Waals surface area (Å²) in [6.45, 7) is 1.55. The van der Waals surface area contributed by atoms with E-state index in [1.807, 2.05) is 19.2 Å². The molecule has 0 spiro atoms. The summed E-state index contributed by atoms with van der Waals surface area (Å²) >= 11 is 1.74. The molecule has 22 heavy (non-hydrogen) atoms. The minimum atomic E-state index is 0.311. The molecular weight excluding hydrogens is 294 g/mol. The number of thiophene rings is 1. The van der Waals surface area contributed by atoms with E-state index in [0.29, 0.717) is 12.3 Å². The zero-order valence-electron chi connectivity index (χ0n) is 12.3. The van der Waals surface area contributed by atoms with E-state index in [2.05, 4.69) is 32.4 Å². The highest BCUT2D eigenvalue weighted by molar-refractivity contribution is 7.09. The van der Waals surface area contributed by atoms with Crippen LogP contribution in [0.2, 0.25) is 0 Å². The van der Waals surface area contributed by atoms with E-state index in [-0.39, 0.29) is 0 Å². The van der Waals surface area contributed by atoms with Crippen LogP contribution in [-0.4, -0.2) is 27.0 Å². The fraction of sp³-hybridized carbons (Fsp3) is 0.176. The average Bonchev–Trinajstić information content (AvgIpc) is 3.03. The smallest absolute Gasteiger partial charge is 0.120 e. The van der Waals surface area contributed by atoms with Gasteiger partial charge in [-0.05, 0) is 36.7 Å². The Morgan fingerprint density at radius 2 is 2.09 bits per heavy atom. The number of hydrogen-bond donors (Lipinski definition) is 1. The number of phenols is 1. The lowest BCUT2D eigenvalue weighted by atomic mass is 10.1. The van der Waals surface area contributed by atoms with Gasteiger partial charge in [0.05, 0.1) is 11.9 Å². The third-order valence-corrected chi connectivity index (χ3v) is 4.25. The van der Waals surface area contributed by atoms with Crippen molar-refractivity contribution in [1.82, 2.24) is 14.9 Å². The van der Waals surface area contributed by atoms with Crippen molar-refractivity contribution in [2.24, 2.45) is 0 Å². The lowest BCUT2D eigenvalue weighted by Gasteiger charge is -2.17. The van der Waals surface area contributed by atoms with Gasteiger partial charge in [-0.2, -0.15) is 0 Å². The molecular formula is C17H17N3OS. The predicted molar refractivity (Wildman–Crippen MR) is 88.6 cm³/mol. The van der Waals surface area contributed by atoms with E-state index in [1.165, 1.54) is 4.88 Å². The number of aromatic nitrogens is 2. The molecule has 0 saturated heterocycles. The fourth-order valence-corrected chi connectivity index (χ4v) is 3.12. The van der Waals surface area contributed by atoms with Gasteiger partial charge >= 0.3 is 0 Å². The maximum atomic E-state index is 10.1. The van der Waals surface area contributed by atoms with Crippen molar-refractivity contribution < 1.29 is 5.11 Å². The van der Waals surface area contributed by atoms with Crippen molar-refractivity contribution in [2.45, 2.75) is 13.1 Å². The molecule has 0 fully saturated rings. The predicted octanol–water partition coefficient (Wildman–Crippen LogP) is 3.54. The van der Waals surface area contributed by atoms with E-state index in [0.717, 1.165) is 23.4 Å². The number of rotatable bonds is 5. The van der Waals surface area contributed by atoms with Crippen LogP contribution in [-0.2, 0) is 13.1 Å². The first-order valence-corrected chi connectivity index (χ1v) is 7.89. The van der Waals surface area contributed by atoms with E-state index < -0.39 is 0 Å². The van der Waals surface area contributed by atoms with Crippen LogP contribution in [0.15, 0.2) is 54.3 Å². The van der Waals surface area contributed by atoms with Crippen molar-refractivity contribution >= 4 is 11.3 Å². The Labute approximate surface area is 133 Å². The number of phenolic OH excluding ortho intramolecular Hbond substituents is 1. The topological polar surface area (TPSA) is 49.2 Å². The SMILES string of the molecule is CN(Cc1cccs1)Cc1cc(-c2cnccn2)ccc1O. The number of aromatic hydroxyl groups is 1. The van der Waals surface area contributed by atoms with Crippen molar-refractivity contribution in [2.75, 3.05) is 7.05 Å². The van der Waals surface area contributed by atoms with Gasteiger partial charge in [-0.15, -0.1) is 11.3 Å². The summed E-state index contributed by atoms with van der Waals surface area (Å²) in [5, 5.41) is 12.2. The van der Waals surface area contributed by atoms with Gasteiger partial charge in [0, 0.05) is 41.5 Å². The Hall–Kier alpha value is -2.24. The van der Waals surface area contributed by atoms with Crippen molar-refractivity contribution in [3.05, 3.63) is 64.7 Å². The summed E-state index contributed by atoms with van der Waals surface area (Å²) in [4.78, 5) is 11.9. The van der Waals surface area contributed by atoms with Crippen LogP contribution >= 0.6 is 11.3 Å². The van der Waals surface area contributed by atoms with E-state index >= 15 is 0 Å². The monoisotopic (exact) mass is 311 g/mol. The Kier molecular flexibility index (Phi) is 4.46. The van der Waals surface area contributed by atoms with Gasteiger partial charge < -0.3 is 5.11 Å². The first kappa shape index (κ1) is 14.7. The standard InChI is InChI=1S/C17H17N3OS/c1-20(12-15-3-2-8-22-15)11-14-9-13(4-5-17(14)21)16-10-18-6-7-19-16/h2-10,21H,11-12H2,1H3. The summed E-state index contributed by atoms with van der Waals surface area (Å²) in [5.41, 5.74) is 2.66. The normalized spacial score (nSPS) is 11.0. The third-order valence-electron chi connectivity index (χ3n) is 3.38. The van der Waals surface area contributed by atoms with E-state index in [9.17, 15) is 5.11 Å². The number of nitrogens with zero attached hydrogens (tertiary/aromatic N) is 3. The molecule has 1 N–H and O–H groups in total. The van der Waals surface area contributed by atoms with E-state index in [1.54, 1.807) is 36.0 Å². The second-order valence-corrected chi connectivity index (χ2v) is 6.22. The molecule has 4 nitrogen and oxygen atoms in total. The highest BCUT2D eigenvalue weighted by atomic mass is 32.1. The summed E-state index contributed by atoms with van der Waals surface area (Å²) < 4.78 is 0. The minimum absolute atomic E-state index is 0.311. The van der Waals surface area contributed by atoms with Gasteiger partial charge in [0.25, 0.3) is 0 Å². The first-order valence-electron chi connectivity index (χ1n) is 7.01. The van der Waals surface area contributed by atoms with E-state index in [4.69, 9.17) is 0 Å². The second kappa shape index (κ2) is 6.68. The van der Waals surface area contributed by atoms with Gasteiger partial charge in [0.2, 0.25) is 0 Å². The van der Waals surface area contributed by atoms with Crippen LogP contribution in [0.1, 0.15) is 10.4 Å². The van der Waals surface area contributed by atoms with Crippen LogP contribution < -0.4 is 0 Å². The molecule has 0 radical (unpaired) electrons. The molecule has 2 heterocycles. The number of hydrogen-bond acceptors (Lipinski definition) is 5. The van der Waals surface area contributed by atoms with Crippen LogP contribution in [0.3, 0.4) is 0 Å². The molecule has 2 aromatic heterocycles. The lowest BCUT2D eigenvalue weighted by Crippen LogP contribution is -2.16.